The topological polar surface area (TPSA) is 12.0 Å². The fraction of sp³-hybridized carbons (Fsp3) is 1.00. The molecule has 1 saturated heterocycles. The summed E-state index contributed by atoms with van der Waals surface area (Å²) in [5, 5.41) is 4.74. The lowest BCUT2D eigenvalue weighted by Gasteiger charge is -2.34. The lowest BCUT2D eigenvalue weighted by Crippen LogP contribution is -2.42. The maximum atomic E-state index is 3.84. The summed E-state index contributed by atoms with van der Waals surface area (Å²) in [5.41, 5.74) is 0. The summed E-state index contributed by atoms with van der Waals surface area (Å²) in [6.45, 7) is 6.10. The molecule has 0 aromatic heterocycles. The van der Waals surface area contributed by atoms with Gasteiger partial charge < -0.3 is 5.32 Å². The zero-order chi connectivity index (χ0) is 11.4. The second-order valence-corrected chi connectivity index (χ2v) is 7.31. The first-order valence-electron chi connectivity index (χ1n) is 7.10. The quantitative estimate of drug-likeness (QED) is 0.809. The van der Waals surface area contributed by atoms with E-state index in [1.165, 1.54) is 50.8 Å². The molecule has 0 bridgehead atoms. The molecule has 4 unspecified atom stereocenters. The van der Waals surface area contributed by atoms with Gasteiger partial charge in [-0.2, -0.15) is 11.8 Å². The molecule has 1 aliphatic heterocycles. The molecule has 4 atom stereocenters. The van der Waals surface area contributed by atoms with Gasteiger partial charge in [-0.1, -0.05) is 20.3 Å². The first-order chi connectivity index (χ1) is 7.75. The van der Waals surface area contributed by atoms with E-state index in [4.69, 9.17) is 0 Å². The van der Waals surface area contributed by atoms with Crippen LogP contribution < -0.4 is 5.32 Å². The molecule has 1 saturated carbocycles. The van der Waals surface area contributed by atoms with Crippen LogP contribution in [0.5, 0.6) is 0 Å². The molecule has 16 heavy (non-hydrogen) atoms. The fourth-order valence-electron chi connectivity index (χ4n) is 3.22. The fourth-order valence-corrected chi connectivity index (χ4v) is 4.47. The van der Waals surface area contributed by atoms with Gasteiger partial charge in [0.05, 0.1) is 0 Å². The van der Waals surface area contributed by atoms with E-state index in [1.807, 2.05) is 0 Å². The van der Waals surface area contributed by atoms with Crippen LogP contribution >= 0.6 is 11.8 Å². The Labute approximate surface area is 105 Å². The standard InChI is InChI=1S/C14H27NS/c1-11-6-7-14(12(2)9-11)15-10-13-5-3-4-8-16-13/h11-15H,3-10H2,1-2H3. The van der Waals surface area contributed by atoms with E-state index in [0.717, 1.165) is 23.1 Å². The Hall–Kier alpha value is 0.310. The Bertz CT molecular complexity index is 201. The van der Waals surface area contributed by atoms with Crippen molar-refractivity contribution in [2.75, 3.05) is 12.3 Å². The highest BCUT2D eigenvalue weighted by Gasteiger charge is 2.25. The maximum Gasteiger partial charge on any atom is 0.0172 e. The lowest BCUT2D eigenvalue weighted by atomic mass is 9.80. The molecule has 1 nitrogen and oxygen atoms in total. The Kier molecular flexibility index (Phi) is 5.02. The zero-order valence-electron chi connectivity index (χ0n) is 10.9. The predicted octanol–water partition coefficient (Wildman–Crippen LogP) is 3.69. The van der Waals surface area contributed by atoms with Crippen LogP contribution in [0.15, 0.2) is 0 Å². The van der Waals surface area contributed by atoms with Crippen molar-refractivity contribution in [3.63, 3.8) is 0 Å². The third-order valence-electron chi connectivity index (χ3n) is 4.31. The van der Waals surface area contributed by atoms with Crippen LogP contribution in [0.4, 0.5) is 0 Å². The monoisotopic (exact) mass is 241 g/mol. The largest absolute Gasteiger partial charge is 0.313 e. The molecular weight excluding hydrogens is 214 g/mol. The first kappa shape index (κ1) is 12.8. The molecule has 1 aliphatic carbocycles. The minimum Gasteiger partial charge on any atom is -0.313 e. The number of hydrogen-bond donors (Lipinski definition) is 1. The highest BCUT2D eigenvalue weighted by molar-refractivity contribution is 7.99. The van der Waals surface area contributed by atoms with Gasteiger partial charge in [0.15, 0.2) is 0 Å². The molecule has 94 valence electrons. The second-order valence-electron chi connectivity index (χ2n) is 5.90. The smallest absolute Gasteiger partial charge is 0.0172 e. The van der Waals surface area contributed by atoms with Crippen LogP contribution in [-0.4, -0.2) is 23.6 Å². The van der Waals surface area contributed by atoms with Gasteiger partial charge in [-0.15, -0.1) is 0 Å². The molecule has 1 N–H and O–H groups in total. The molecule has 0 spiro atoms. The Balaban J connectivity index is 1.68. The van der Waals surface area contributed by atoms with E-state index < -0.39 is 0 Å². The van der Waals surface area contributed by atoms with Gasteiger partial charge in [-0.05, 0) is 49.7 Å². The molecule has 2 rings (SSSR count). The minimum atomic E-state index is 0.804. The summed E-state index contributed by atoms with van der Waals surface area (Å²) in [6, 6.07) is 0.804. The van der Waals surface area contributed by atoms with Crippen molar-refractivity contribution in [3.8, 4) is 0 Å². The molecule has 2 heteroatoms. The SMILES string of the molecule is CC1CCC(NCC2CCCCS2)C(C)C1. The van der Waals surface area contributed by atoms with Crippen LogP contribution in [0, 0.1) is 11.8 Å². The zero-order valence-corrected chi connectivity index (χ0v) is 11.7. The third kappa shape index (κ3) is 3.66. The predicted molar refractivity (Wildman–Crippen MR) is 74.1 cm³/mol. The molecule has 1 heterocycles. The summed E-state index contributed by atoms with van der Waals surface area (Å²) >= 11 is 2.19. The van der Waals surface area contributed by atoms with Gasteiger partial charge in [0, 0.05) is 17.8 Å². The van der Waals surface area contributed by atoms with Gasteiger partial charge in [0.2, 0.25) is 0 Å². The molecule has 0 aromatic rings. The summed E-state index contributed by atoms with van der Waals surface area (Å²) in [5.74, 6) is 3.23. The van der Waals surface area contributed by atoms with Crippen molar-refractivity contribution >= 4 is 11.8 Å². The normalized spacial score (nSPS) is 40.9. The number of rotatable bonds is 3. The summed E-state index contributed by atoms with van der Waals surface area (Å²) in [4.78, 5) is 0. The van der Waals surface area contributed by atoms with Gasteiger partial charge in [0.25, 0.3) is 0 Å². The van der Waals surface area contributed by atoms with E-state index in [2.05, 4.69) is 30.9 Å². The summed E-state index contributed by atoms with van der Waals surface area (Å²) in [7, 11) is 0. The van der Waals surface area contributed by atoms with Gasteiger partial charge in [0.1, 0.15) is 0 Å². The van der Waals surface area contributed by atoms with Crippen molar-refractivity contribution in [2.24, 2.45) is 11.8 Å². The molecule has 0 radical (unpaired) electrons. The van der Waals surface area contributed by atoms with Crippen LogP contribution in [0.1, 0.15) is 52.4 Å². The van der Waals surface area contributed by atoms with Crippen molar-refractivity contribution in [1.29, 1.82) is 0 Å². The van der Waals surface area contributed by atoms with E-state index >= 15 is 0 Å². The van der Waals surface area contributed by atoms with E-state index in [9.17, 15) is 0 Å². The van der Waals surface area contributed by atoms with Crippen molar-refractivity contribution < 1.29 is 0 Å². The summed E-state index contributed by atoms with van der Waals surface area (Å²) in [6.07, 6.45) is 8.60. The minimum absolute atomic E-state index is 0.804. The van der Waals surface area contributed by atoms with Crippen LogP contribution in [0.2, 0.25) is 0 Å². The van der Waals surface area contributed by atoms with Crippen molar-refractivity contribution in [1.82, 2.24) is 5.32 Å². The van der Waals surface area contributed by atoms with Crippen molar-refractivity contribution in [2.45, 2.75) is 63.7 Å². The van der Waals surface area contributed by atoms with Crippen molar-refractivity contribution in [3.05, 3.63) is 0 Å². The Morgan fingerprint density at radius 1 is 1.12 bits per heavy atom. The van der Waals surface area contributed by atoms with E-state index in [-0.39, 0.29) is 0 Å². The van der Waals surface area contributed by atoms with Crippen LogP contribution in [0.3, 0.4) is 0 Å². The van der Waals surface area contributed by atoms with Gasteiger partial charge in [-0.25, -0.2) is 0 Å². The van der Waals surface area contributed by atoms with Crippen LogP contribution in [0.25, 0.3) is 0 Å². The van der Waals surface area contributed by atoms with E-state index in [1.54, 1.807) is 0 Å². The van der Waals surface area contributed by atoms with E-state index in [0.29, 0.717) is 0 Å². The average molecular weight is 241 g/mol. The average Bonchev–Trinajstić information content (AvgIpc) is 2.29. The Morgan fingerprint density at radius 3 is 2.69 bits per heavy atom. The number of nitrogens with one attached hydrogen (secondary N) is 1. The van der Waals surface area contributed by atoms with Gasteiger partial charge in [-0.3, -0.25) is 0 Å². The Morgan fingerprint density at radius 2 is 2.00 bits per heavy atom. The first-order valence-corrected chi connectivity index (χ1v) is 8.15. The second kappa shape index (κ2) is 6.30. The number of thioether (sulfide) groups is 1. The van der Waals surface area contributed by atoms with Crippen LogP contribution in [-0.2, 0) is 0 Å². The molecule has 0 aromatic carbocycles. The highest BCUT2D eigenvalue weighted by Crippen LogP contribution is 2.29. The highest BCUT2D eigenvalue weighted by atomic mass is 32.2. The van der Waals surface area contributed by atoms with Gasteiger partial charge >= 0.3 is 0 Å². The third-order valence-corrected chi connectivity index (χ3v) is 5.71. The molecule has 2 aliphatic rings. The molecular formula is C14H27NS. The lowest BCUT2D eigenvalue weighted by molar-refractivity contribution is 0.228. The summed E-state index contributed by atoms with van der Waals surface area (Å²) < 4.78 is 0. The molecule has 0 amide bonds. The molecule has 2 fully saturated rings. The maximum absolute atomic E-state index is 3.84. The number of hydrogen-bond acceptors (Lipinski definition) is 2.